The van der Waals surface area contributed by atoms with Crippen molar-refractivity contribution in [1.82, 2.24) is 9.97 Å². The number of aromatic nitrogens is 2. The molecule has 0 radical (unpaired) electrons. The van der Waals surface area contributed by atoms with Gasteiger partial charge in [0.15, 0.2) is 0 Å². The third kappa shape index (κ3) is 4.48. The minimum atomic E-state index is 0.541. The number of nitrogens with zero attached hydrogens (tertiary/aromatic N) is 3. The van der Waals surface area contributed by atoms with Crippen LogP contribution in [0.1, 0.15) is 16.8 Å². The molecule has 0 amide bonds. The maximum Gasteiger partial charge on any atom is 0.225 e. The third-order valence-corrected chi connectivity index (χ3v) is 3.73. The Hall–Kier alpha value is -3.59. The molecule has 0 aliphatic carbocycles. The minimum absolute atomic E-state index is 0.541. The van der Waals surface area contributed by atoms with E-state index in [0.717, 1.165) is 22.7 Å². The van der Waals surface area contributed by atoms with Crippen molar-refractivity contribution in [3.05, 3.63) is 71.4 Å². The van der Waals surface area contributed by atoms with Gasteiger partial charge in [0.2, 0.25) is 5.95 Å². The number of hydrogen-bond donors (Lipinski definition) is 2. The lowest BCUT2D eigenvalue weighted by atomic mass is 10.2. The van der Waals surface area contributed by atoms with E-state index in [-0.39, 0.29) is 0 Å². The highest BCUT2D eigenvalue weighted by Gasteiger charge is 2.04. The first kappa shape index (κ1) is 17.2. The average Bonchev–Trinajstić information content (AvgIpc) is 2.66. The van der Waals surface area contributed by atoms with Crippen LogP contribution in [0, 0.1) is 18.3 Å². The lowest BCUT2D eigenvalue weighted by Crippen LogP contribution is -2.06. The van der Waals surface area contributed by atoms with Crippen LogP contribution in [0.15, 0.2) is 54.6 Å². The Balaban J connectivity index is 1.71. The van der Waals surface area contributed by atoms with Gasteiger partial charge in [0.25, 0.3) is 0 Å². The molecule has 0 saturated heterocycles. The fourth-order valence-corrected chi connectivity index (χ4v) is 2.45. The predicted octanol–water partition coefficient (Wildman–Crippen LogP) is 4.02. The Morgan fingerprint density at radius 1 is 1.08 bits per heavy atom. The summed E-state index contributed by atoms with van der Waals surface area (Å²) in [5.41, 5.74) is 3.35. The highest BCUT2D eigenvalue weighted by Crippen LogP contribution is 2.18. The molecule has 1 heterocycles. The van der Waals surface area contributed by atoms with E-state index in [1.165, 1.54) is 0 Å². The van der Waals surface area contributed by atoms with Crippen LogP contribution >= 0.6 is 0 Å². The highest BCUT2D eigenvalue weighted by molar-refractivity contribution is 5.59. The second-order valence-electron chi connectivity index (χ2n) is 5.74. The molecule has 0 saturated carbocycles. The molecule has 0 unspecified atom stereocenters. The average molecular weight is 345 g/mol. The molecule has 0 atom stereocenters. The molecule has 0 aliphatic heterocycles. The molecule has 0 bridgehead atoms. The zero-order valence-electron chi connectivity index (χ0n) is 14.7. The fraction of sp³-hybridized carbons (Fsp3) is 0.150. The topological polar surface area (TPSA) is 82.9 Å². The summed E-state index contributed by atoms with van der Waals surface area (Å²) in [4.78, 5) is 8.91. The second kappa shape index (κ2) is 7.99. The maximum absolute atomic E-state index is 9.01. The zero-order chi connectivity index (χ0) is 18.4. The van der Waals surface area contributed by atoms with Crippen LogP contribution in [-0.2, 0) is 6.54 Å². The molecule has 6 nitrogen and oxygen atoms in total. The molecular formula is C20H19N5O. The SMILES string of the molecule is COc1ccc(CNc2nc(C)cc(Nc3cccc(C#N)c3)n2)cc1. The molecule has 6 heteroatoms. The molecule has 0 fully saturated rings. The molecular weight excluding hydrogens is 326 g/mol. The van der Waals surface area contributed by atoms with Gasteiger partial charge in [0, 0.05) is 24.0 Å². The summed E-state index contributed by atoms with van der Waals surface area (Å²) in [7, 11) is 1.65. The Labute approximate surface area is 152 Å². The molecule has 0 aliphatic rings. The smallest absolute Gasteiger partial charge is 0.225 e. The van der Waals surface area contributed by atoms with Crippen molar-refractivity contribution in [2.24, 2.45) is 0 Å². The molecule has 26 heavy (non-hydrogen) atoms. The standard InChI is InChI=1S/C20H19N5O/c1-14-10-19(24-17-5-3-4-16(11-17)12-21)25-20(23-14)22-13-15-6-8-18(26-2)9-7-15/h3-11H,13H2,1-2H3,(H2,22,23,24,25). The lowest BCUT2D eigenvalue weighted by Gasteiger charge is -2.10. The van der Waals surface area contributed by atoms with Gasteiger partial charge in [-0.25, -0.2) is 4.98 Å². The number of benzene rings is 2. The minimum Gasteiger partial charge on any atom is -0.497 e. The molecule has 2 aromatic carbocycles. The normalized spacial score (nSPS) is 10.0. The number of hydrogen-bond acceptors (Lipinski definition) is 6. The number of ether oxygens (including phenoxy) is 1. The lowest BCUT2D eigenvalue weighted by molar-refractivity contribution is 0.414. The number of anilines is 3. The van der Waals surface area contributed by atoms with Crippen molar-refractivity contribution in [1.29, 1.82) is 5.26 Å². The third-order valence-electron chi connectivity index (χ3n) is 3.73. The van der Waals surface area contributed by atoms with E-state index in [0.29, 0.717) is 23.9 Å². The Kier molecular flexibility index (Phi) is 5.30. The van der Waals surface area contributed by atoms with E-state index in [1.54, 1.807) is 19.2 Å². The van der Waals surface area contributed by atoms with Crippen LogP contribution in [0.4, 0.5) is 17.5 Å². The molecule has 2 N–H and O–H groups in total. The molecule has 1 aromatic heterocycles. The molecule has 130 valence electrons. The number of aryl methyl sites for hydroxylation is 1. The van der Waals surface area contributed by atoms with Gasteiger partial charge in [0.05, 0.1) is 18.7 Å². The molecule has 3 rings (SSSR count). The van der Waals surface area contributed by atoms with Crippen molar-refractivity contribution in [2.45, 2.75) is 13.5 Å². The van der Waals surface area contributed by atoms with Crippen molar-refractivity contribution in [3.63, 3.8) is 0 Å². The summed E-state index contributed by atoms with van der Waals surface area (Å²) in [5, 5.41) is 15.5. The van der Waals surface area contributed by atoms with E-state index in [9.17, 15) is 0 Å². The van der Waals surface area contributed by atoms with Crippen LogP contribution in [0.5, 0.6) is 5.75 Å². The van der Waals surface area contributed by atoms with Crippen molar-refractivity contribution >= 4 is 17.5 Å². The van der Waals surface area contributed by atoms with Gasteiger partial charge < -0.3 is 15.4 Å². The van der Waals surface area contributed by atoms with Gasteiger partial charge >= 0.3 is 0 Å². The number of nitriles is 1. The molecule has 0 spiro atoms. The summed E-state index contributed by atoms with van der Waals surface area (Å²) in [6.07, 6.45) is 0. The summed E-state index contributed by atoms with van der Waals surface area (Å²) in [6.45, 7) is 2.52. The van der Waals surface area contributed by atoms with Crippen LogP contribution in [0.25, 0.3) is 0 Å². The van der Waals surface area contributed by atoms with E-state index < -0.39 is 0 Å². The van der Waals surface area contributed by atoms with Crippen LogP contribution in [0.2, 0.25) is 0 Å². The van der Waals surface area contributed by atoms with Crippen LogP contribution < -0.4 is 15.4 Å². The summed E-state index contributed by atoms with van der Waals surface area (Å²) >= 11 is 0. The summed E-state index contributed by atoms with van der Waals surface area (Å²) < 4.78 is 5.16. The number of methoxy groups -OCH3 is 1. The van der Waals surface area contributed by atoms with Gasteiger partial charge in [0.1, 0.15) is 11.6 Å². The van der Waals surface area contributed by atoms with Gasteiger partial charge in [-0.2, -0.15) is 10.2 Å². The van der Waals surface area contributed by atoms with Gasteiger partial charge in [-0.05, 0) is 42.8 Å². The fourth-order valence-electron chi connectivity index (χ4n) is 2.45. The van der Waals surface area contributed by atoms with Crippen molar-refractivity contribution in [2.75, 3.05) is 17.7 Å². The van der Waals surface area contributed by atoms with Gasteiger partial charge in [-0.1, -0.05) is 18.2 Å². The first-order valence-electron chi connectivity index (χ1n) is 8.16. The number of rotatable bonds is 6. The first-order valence-corrected chi connectivity index (χ1v) is 8.16. The Morgan fingerprint density at radius 3 is 2.62 bits per heavy atom. The van der Waals surface area contributed by atoms with E-state index >= 15 is 0 Å². The second-order valence-corrected chi connectivity index (χ2v) is 5.74. The first-order chi connectivity index (χ1) is 12.7. The van der Waals surface area contributed by atoms with Crippen LogP contribution in [-0.4, -0.2) is 17.1 Å². The summed E-state index contributed by atoms with van der Waals surface area (Å²) in [5.74, 6) is 2.04. The zero-order valence-corrected chi connectivity index (χ0v) is 14.7. The van der Waals surface area contributed by atoms with Crippen molar-refractivity contribution < 1.29 is 4.74 Å². The largest absolute Gasteiger partial charge is 0.497 e. The molecule has 3 aromatic rings. The Bertz CT molecular complexity index is 932. The predicted molar refractivity (Wildman–Crippen MR) is 102 cm³/mol. The van der Waals surface area contributed by atoms with Gasteiger partial charge in [-0.15, -0.1) is 0 Å². The van der Waals surface area contributed by atoms with Crippen LogP contribution in [0.3, 0.4) is 0 Å². The monoisotopic (exact) mass is 345 g/mol. The van der Waals surface area contributed by atoms with Crippen molar-refractivity contribution in [3.8, 4) is 11.8 Å². The van der Waals surface area contributed by atoms with E-state index in [1.807, 2.05) is 49.4 Å². The number of nitrogens with one attached hydrogen (secondary N) is 2. The quantitative estimate of drug-likeness (QED) is 0.702. The summed E-state index contributed by atoms with van der Waals surface area (Å²) in [6, 6.07) is 19.1. The Morgan fingerprint density at radius 2 is 1.88 bits per heavy atom. The van der Waals surface area contributed by atoms with Gasteiger partial charge in [-0.3, -0.25) is 0 Å². The highest BCUT2D eigenvalue weighted by atomic mass is 16.5. The van der Waals surface area contributed by atoms with E-state index in [2.05, 4.69) is 26.7 Å². The van der Waals surface area contributed by atoms with E-state index in [4.69, 9.17) is 10.00 Å². The maximum atomic E-state index is 9.01.